The highest BCUT2D eigenvalue weighted by molar-refractivity contribution is 14.0. The van der Waals surface area contributed by atoms with Crippen LogP contribution in [0.25, 0.3) is 0 Å². The van der Waals surface area contributed by atoms with Crippen LogP contribution in [0.15, 0.2) is 11.1 Å². The summed E-state index contributed by atoms with van der Waals surface area (Å²) in [6, 6.07) is 1.84. The van der Waals surface area contributed by atoms with Crippen LogP contribution in [0.1, 0.15) is 19.5 Å². The molecule has 2 heterocycles. The monoisotopic (exact) mass is 530 g/mol. The number of rotatable bonds is 6. The van der Waals surface area contributed by atoms with Crippen molar-refractivity contribution in [1.82, 2.24) is 25.0 Å². The lowest BCUT2D eigenvalue weighted by Gasteiger charge is -2.34. The molecule has 1 fully saturated rings. The topological polar surface area (TPSA) is 64.9 Å². The van der Waals surface area contributed by atoms with Gasteiger partial charge < -0.3 is 20.1 Å². The predicted molar refractivity (Wildman–Crippen MR) is 122 cm³/mol. The van der Waals surface area contributed by atoms with Crippen molar-refractivity contribution in [2.45, 2.75) is 20.4 Å². The van der Waals surface area contributed by atoms with Gasteiger partial charge in [0.15, 0.2) is 5.96 Å². The molecule has 0 aliphatic carbocycles. The maximum atomic E-state index is 11.4. The zero-order valence-corrected chi connectivity index (χ0v) is 19.9. The Morgan fingerprint density at radius 1 is 1.22 bits per heavy atom. The third kappa shape index (κ3) is 7.32. The maximum absolute atomic E-state index is 11.4. The second kappa shape index (κ2) is 12.0. The first-order valence-electron chi connectivity index (χ1n) is 8.92. The molecule has 1 aromatic heterocycles. The minimum Gasteiger partial charge on any atom is -0.357 e. The van der Waals surface area contributed by atoms with Crippen LogP contribution in [0.5, 0.6) is 0 Å². The molecule has 1 saturated heterocycles. The fourth-order valence-electron chi connectivity index (χ4n) is 2.86. The van der Waals surface area contributed by atoms with Gasteiger partial charge in [0.1, 0.15) is 5.15 Å². The molecule has 1 aliphatic heterocycles. The van der Waals surface area contributed by atoms with Crippen molar-refractivity contribution < 1.29 is 4.79 Å². The van der Waals surface area contributed by atoms with Crippen LogP contribution in [0, 0.1) is 0 Å². The van der Waals surface area contributed by atoms with Gasteiger partial charge in [0.25, 0.3) is 0 Å². The van der Waals surface area contributed by atoms with Crippen LogP contribution in [-0.4, -0.2) is 72.0 Å². The fraction of sp³-hybridized carbons (Fsp3) is 0.647. The van der Waals surface area contributed by atoms with Gasteiger partial charge in [-0.2, -0.15) is 0 Å². The van der Waals surface area contributed by atoms with Gasteiger partial charge in [0, 0.05) is 65.5 Å². The Hall–Kier alpha value is -0.710. The summed E-state index contributed by atoms with van der Waals surface area (Å²) < 4.78 is 1.84. The summed E-state index contributed by atoms with van der Waals surface area (Å²) in [4.78, 5) is 20.2. The van der Waals surface area contributed by atoms with Gasteiger partial charge in [-0.3, -0.25) is 9.69 Å². The molecule has 154 valence electrons. The SMILES string of the molecule is CCNC(=NCc1cc(Cl)c(Cl)n1C)NCCN1CCN(C(C)=O)CC1.I. The Morgan fingerprint density at radius 2 is 1.89 bits per heavy atom. The van der Waals surface area contributed by atoms with Crippen molar-refractivity contribution in [2.75, 3.05) is 45.8 Å². The number of carbonyl (C=O) groups excluding carboxylic acids is 1. The lowest BCUT2D eigenvalue weighted by molar-refractivity contribution is -0.130. The molecule has 2 rings (SSSR count). The van der Waals surface area contributed by atoms with Crippen molar-refractivity contribution in [3.05, 3.63) is 21.9 Å². The number of hydrogen-bond acceptors (Lipinski definition) is 3. The highest BCUT2D eigenvalue weighted by atomic mass is 127. The number of halogens is 3. The third-order valence-corrected chi connectivity index (χ3v) is 5.34. The summed E-state index contributed by atoms with van der Waals surface area (Å²) in [6.45, 7) is 10.1. The molecule has 0 aromatic carbocycles. The number of nitrogens with one attached hydrogen (secondary N) is 2. The van der Waals surface area contributed by atoms with Gasteiger partial charge in [0.2, 0.25) is 5.91 Å². The first-order valence-corrected chi connectivity index (χ1v) is 9.67. The van der Waals surface area contributed by atoms with Gasteiger partial charge in [-0.05, 0) is 13.0 Å². The summed E-state index contributed by atoms with van der Waals surface area (Å²) in [6.07, 6.45) is 0. The van der Waals surface area contributed by atoms with Crippen LogP contribution < -0.4 is 10.6 Å². The number of amides is 1. The second-order valence-corrected chi connectivity index (χ2v) is 7.07. The van der Waals surface area contributed by atoms with Gasteiger partial charge in [0.05, 0.1) is 11.6 Å². The Morgan fingerprint density at radius 3 is 2.41 bits per heavy atom. The molecule has 1 amide bonds. The zero-order chi connectivity index (χ0) is 19.1. The van der Waals surface area contributed by atoms with Crippen LogP contribution in [0.4, 0.5) is 0 Å². The quantitative estimate of drug-likeness (QED) is 0.336. The van der Waals surface area contributed by atoms with E-state index in [0.717, 1.165) is 57.5 Å². The summed E-state index contributed by atoms with van der Waals surface area (Å²) in [7, 11) is 1.88. The van der Waals surface area contributed by atoms with Crippen LogP contribution in [0.2, 0.25) is 10.2 Å². The minimum atomic E-state index is 0. The number of carbonyl (C=O) groups is 1. The van der Waals surface area contributed by atoms with Crippen LogP contribution in [0.3, 0.4) is 0 Å². The molecule has 0 spiro atoms. The van der Waals surface area contributed by atoms with Gasteiger partial charge >= 0.3 is 0 Å². The highest BCUT2D eigenvalue weighted by Gasteiger charge is 2.18. The number of aromatic nitrogens is 1. The van der Waals surface area contributed by atoms with E-state index in [9.17, 15) is 4.79 Å². The molecule has 10 heteroatoms. The van der Waals surface area contributed by atoms with Crippen molar-refractivity contribution in [3.63, 3.8) is 0 Å². The molecule has 0 bridgehead atoms. The molecule has 0 atom stereocenters. The average molecular weight is 531 g/mol. The summed E-state index contributed by atoms with van der Waals surface area (Å²) in [5.74, 6) is 0.925. The number of piperazine rings is 1. The normalized spacial score (nSPS) is 15.4. The van der Waals surface area contributed by atoms with Crippen LogP contribution in [-0.2, 0) is 18.4 Å². The Labute approximate surface area is 188 Å². The molecular weight excluding hydrogens is 502 g/mol. The molecule has 27 heavy (non-hydrogen) atoms. The van der Waals surface area contributed by atoms with Crippen molar-refractivity contribution in [3.8, 4) is 0 Å². The summed E-state index contributed by atoms with van der Waals surface area (Å²) in [5, 5.41) is 7.67. The van der Waals surface area contributed by atoms with E-state index in [2.05, 4.69) is 20.5 Å². The molecule has 1 aliphatic rings. The molecule has 0 saturated carbocycles. The average Bonchev–Trinajstić information content (AvgIpc) is 2.87. The molecule has 1 aromatic rings. The molecule has 2 N–H and O–H groups in total. The van der Waals surface area contributed by atoms with E-state index >= 15 is 0 Å². The Balaban J connectivity index is 0.00000364. The minimum absolute atomic E-state index is 0. The summed E-state index contributed by atoms with van der Waals surface area (Å²) in [5.41, 5.74) is 0.956. The van der Waals surface area contributed by atoms with Gasteiger partial charge in [-0.1, -0.05) is 23.2 Å². The Bertz CT molecular complexity index is 644. The molecule has 7 nitrogen and oxygen atoms in total. The van der Waals surface area contributed by atoms with Gasteiger partial charge in [-0.15, -0.1) is 24.0 Å². The van der Waals surface area contributed by atoms with Crippen molar-refractivity contribution in [1.29, 1.82) is 0 Å². The van der Waals surface area contributed by atoms with E-state index in [4.69, 9.17) is 23.2 Å². The van der Waals surface area contributed by atoms with Gasteiger partial charge in [-0.25, -0.2) is 4.99 Å². The molecular formula is C17H29Cl2IN6O. The predicted octanol–water partition coefficient (Wildman–Crippen LogP) is 2.17. The molecule has 0 unspecified atom stereocenters. The first-order chi connectivity index (χ1) is 12.4. The highest BCUT2D eigenvalue weighted by Crippen LogP contribution is 2.25. The Kier molecular flexibility index (Phi) is 10.8. The number of nitrogens with zero attached hydrogens (tertiary/aromatic N) is 4. The first kappa shape index (κ1) is 24.3. The largest absolute Gasteiger partial charge is 0.357 e. The van der Waals surface area contributed by atoms with Crippen molar-refractivity contribution in [2.24, 2.45) is 12.0 Å². The van der Waals surface area contributed by atoms with E-state index in [1.807, 2.05) is 29.5 Å². The molecule has 0 radical (unpaired) electrons. The van der Waals surface area contributed by atoms with E-state index in [0.29, 0.717) is 16.7 Å². The lowest BCUT2D eigenvalue weighted by atomic mass is 10.3. The van der Waals surface area contributed by atoms with E-state index < -0.39 is 0 Å². The van der Waals surface area contributed by atoms with Crippen molar-refractivity contribution >= 4 is 59.0 Å². The van der Waals surface area contributed by atoms with E-state index in [-0.39, 0.29) is 29.9 Å². The number of hydrogen-bond donors (Lipinski definition) is 2. The maximum Gasteiger partial charge on any atom is 0.219 e. The van der Waals surface area contributed by atoms with E-state index in [1.165, 1.54) is 0 Å². The smallest absolute Gasteiger partial charge is 0.219 e. The summed E-state index contributed by atoms with van der Waals surface area (Å²) >= 11 is 12.1. The third-order valence-electron chi connectivity index (χ3n) is 4.50. The van der Waals surface area contributed by atoms with E-state index in [1.54, 1.807) is 6.92 Å². The second-order valence-electron chi connectivity index (χ2n) is 6.30. The number of aliphatic imine (C=N–C) groups is 1. The lowest BCUT2D eigenvalue weighted by Crippen LogP contribution is -2.50. The zero-order valence-electron chi connectivity index (χ0n) is 16.1. The van der Waals surface area contributed by atoms with Crippen LogP contribution >= 0.6 is 47.2 Å². The number of guanidine groups is 1. The fourth-order valence-corrected chi connectivity index (χ4v) is 3.28. The standard InChI is InChI=1S/C17H28Cl2N6O.HI/c1-4-20-17(22-12-14-11-15(18)16(19)23(14)3)21-5-6-24-7-9-25(10-8-24)13(2)26;/h11H,4-10,12H2,1-3H3,(H2,20,21,22);1H.